The highest BCUT2D eigenvalue weighted by Crippen LogP contribution is 2.63. The molecule has 0 unspecified atom stereocenters. The molecule has 1 fully saturated rings. The first-order chi connectivity index (χ1) is 17.0. The van der Waals surface area contributed by atoms with Crippen molar-refractivity contribution in [2.45, 2.75) is 71.4 Å². The number of thiazole rings is 1. The molecule has 0 spiro atoms. The maximum atomic E-state index is 13.0. The van der Waals surface area contributed by atoms with Gasteiger partial charge in [-0.05, 0) is 56.6 Å². The van der Waals surface area contributed by atoms with Crippen molar-refractivity contribution in [3.8, 4) is 11.5 Å². The van der Waals surface area contributed by atoms with Crippen LogP contribution >= 0.6 is 11.3 Å². The van der Waals surface area contributed by atoms with Crippen molar-refractivity contribution in [2.24, 2.45) is 16.7 Å². The Labute approximate surface area is 217 Å². The first-order valence-corrected chi connectivity index (χ1v) is 13.4. The SMILES string of the molecule is COc1ccc(OC)c(Nc2nc3c(s2)C[C@@H]2[C@](C)(CO)[C@H](O)CC[C@@]2(C)[C@@H]3CC(=O)NC(C)C)c1. The molecule has 4 N–H and O–H groups in total. The highest BCUT2D eigenvalue weighted by molar-refractivity contribution is 7.15. The Kier molecular flexibility index (Phi) is 7.55. The number of carbonyl (C=O) groups excluding carboxylic acids is 1. The van der Waals surface area contributed by atoms with Gasteiger partial charge in [0.1, 0.15) is 11.5 Å². The number of carbonyl (C=O) groups is 1. The summed E-state index contributed by atoms with van der Waals surface area (Å²) >= 11 is 1.56. The summed E-state index contributed by atoms with van der Waals surface area (Å²) in [6.45, 7) is 8.02. The second-order valence-corrected chi connectivity index (χ2v) is 12.1. The summed E-state index contributed by atoms with van der Waals surface area (Å²) in [6, 6.07) is 5.60. The van der Waals surface area contributed by atoms with Gasteiger partial charge >= 0.3 is 0 Å². The predicted molar refractivity (Wildman–Crippen MR) is 141 cm³/mol. The van der Waals surface area contributed by atoms with E-state index >= 15 is 0 Å². The lowest BCUT2D eigenvalue weighted by Gasteiger charge is -2.58. The van der Waals surface area contributed by atoms with Gasteiger partial charge in [-0.1, -0.05) is 13.8 Å². The quantitative estimate of drug-likeness (QED) is 0.414. The van der Waals surface area contributed by atoms with Crippen LogP contribution in [0.15, 0.2) is 18.2 Å². The van der Waals surface area contributed by atoms with Gasteiger partial charge in [0.25, 0.3) is 0 Å². The molecule has 1 amide bonds. The molecule has 5 atom stereocenters. The number of fused-ring (bicyclic) bond motifs is 2. The number of ether oxygens (including phenoxy) is 2. The highest BCUT2D eigenvalue weighted by atomic mass is 32.1. The summed E-state index contributed by atoms with van der Waals surface area (Å²) < 4.78 is 10.9. The Morgan fingerprint density at radius 3 is 2.67 bits per heavy atom. The number of nitrogens with zero attached hydrogens (tertiary/aromatic N) is 1. The number of nitrogens with one attached hydrogen (secondary N) is 2. The molecule has 8 nitrogen and oxygen atoms in total. The Morgan fingerprint density at radius 2 is 2.03 bits per heavy atom. The predicted octanol–water partition coefficient (Wildman–Crippen LogP) is 4.23. The van der Waals surface area contributed by atoms with Crippen molar-refractivity contribution < 1.29 is 24.5 Å². The van der Waals surface area contributed by atoms with Crippen LogP contribution in [0.4, 0.5) is 10.8 Å². The van der Waals surface area contributed by atoms with Crippen molar-refractivity contribution in [1.82, 2.24) is 10.3 Å². The maximum Gasteiger partial charge on any atom is 0.220 e. The maximum absolute atomic E-state index is 13.0. The Balaban J connectivity index is 1.76. The van der Waals surface area contributed by atoms with Crippen LogP contribution in [0.25, 0.3) is 0 Å². The Hall–Kier alpha value is -2.36. The number of anilines is 2. The van der Waals surface area contributed by atoms with Crippen LogP contribution in [0, 0.1) is 16.7 Å². The smallest absolute Gasteiger partial charge is 0.220 e. The summed E-state index contributed by atoms with van der Waals surface area (Å²) in [6.07, 6.45) is 1.81. The molecule has 4 rings (SSSR count). The third kappa shape index (κ3) is 4.68. The van der Waals surface area contributed by atoms with Gasteiger partial charge in [0.15, 0.2) is 5.13 Å². The van der Waals surface area contributed by atoms with Crippen LogP contribution < -0.4 is 20.1 Å². The van der Waals surface area contributed by atoms with E-state index in [9.17, 15) is 15.0 Å². The van der Waals surface area contributed by atoms with E-state index in [4.69, 9.17) is 14.5 Å². The molecule has 0 bridgehead atoms. The fourth-order valence-corrected chi connectivity index (χ4v) is 7.37. The van der Waals surface area contributed by atoms with Crippen LogP contribution in [0.2, 0.25) is 0 Å². The first-order valence-electron chi connectivity index (χ1n) is 12.6. The molecule has 9 heteroatoms. The van der Waals surface area contributed by atoms with Crippen molar-refractivity contribution in [2.75, 3.05) is 26.1 Å². The summed E-state index contributed by atoms with van der Waals surface area (Å²) in [5.74, 6) is 1.27. The number of aromatic nitrogens is 1. The largest absolute Gasteiger partial charge is 0.497 e. The zero-order valence-corrected chi connectivity index (χ0v) is 22.9. The van der Waals surface area contributed by atoms with Crippen LogP contribution in [0.3, 0.4) is 0 Å². The van der Waals surface area contributed by atoms with Gasteiger partial charge in [-0.3, -0.25) is 4.79 Å². The van der Waals surface area contributed by atoms with Gasteiger partial charge in [0, 0.05) is 34.7 Å². The zero-order chi connectivity index (χ0) is 26.3. The van der Waals surface area contributed by atoms with Crippen molar-refractivity contribution in [3.63, 3.8) is 0 Å². The van der Waals surface area contributed by atoms with Crippen LogP contribution in [-0.4, -0.2) is 54.1 Å². The minimum atomic E-state index is -0.648. The van der Waals surface area contributed by atoms with Gasteiger partial charge in [0.2, 0.25) is 5.91 Å². The number of hydrogen-bond acceptors (Lipinski definition) is 8. The number of aliphatic hydroxyl groups is 2. The van der Waals surface area contributed by atoms with E-state index in [2.05, 4.69) is 17.6 Å². The van der Waals surface area contributed by atoms with Gasteiger partial charge in [-0.2, -0.15) is 0 Å². The number of amides is 1. The number of hydrogen-bond donors (Lipinski definition) is 4. The van der Waals surface area contributed by atoms with E-state index in [1.807, 2.05) is 39.0 Å². The molecule has 1 aromatic carbocycles. The van der Waals surface area contributed by atoms with Crippen molar-refractivity contribution >= 4 is 28.1 Å². The molecule has 1 aromatic heterocycles. The Morgan fingerprint density at radius 1 is 1.28 bits per heavy atom. The molecule has 0 radical (unpaired) electrons. The van der Waals surface area contributed by atoms with Gasteiger partial charge in [-0.15, -0.1) is 11.3 Å². The molecule has 36 heavy (non-hydrogen) atoms. The lowest BCUT2D eigenvalue weighted by Crippen LogP contribution is -2.57. The monoisotopic (exact) mass is 517 g/mol. The normalized spacial score (nSPS) is 29.3. The Bertz CT molecular complexity index is 1110. The van der Waals surface area contributed by atoms with Crippen LogP contribution in [0.1, 0.15) is 63.4 Å². The van der Waals surface area contributed by atoms with E-state index in [0.29, 0.717) is 35.9 Å². The summed E-state index contributed by atoms with van der Waals surface area (Å²) in [4.78, 5) is 19.1. The lowest BCUT2D eigenvalue weighted by molar-refractivity contribution is -0.144. The standard InChI is InChI=1S/C27H39N3O5S/c1-15(2)28-23(33)12-17-24-20(13-21-26(17,3)10-9-22(32)27(21,4)14-31)36-25(30-24)29-18-11-16(34-5)7-8-19(18)35-6/h7-8,11,15,17,21-22,31-32H,9-10,12-14H2,1-6H3,(H,28,33)(H,29,30)/t17-,21+,22-,26+,27+/m1/s1. The lowest BCUT2D eigenvalue weighted by atomic mass is 9.47. The second kappa shape index (κ2) is 10.2. The third-order valence-corrected chi connectivity index (χ3v) is 9.39. The van der Waals surface area contributed by atoms with Crippen LogP contribution in [-0.2, 0) is 11.2 Å². The first kappa shape index (κ1) is 26.7. The van der Waals surface area contributed by atoms with Gasteiger partial charge < -0.3 is 30.3 Å². The molecule has 1 heterocycles. The molecule has 2 aliphatic carbocycles. The number of rotatable bonds is 8. The van der Waals surface area contributed by atoms with E-state index in [1.54, 1.807) is 25.6 Å². The molecular formula is C27H39N3O5S. The number of methoxy groups -OCH3 is 2. The molecule has 0 aliphatic heterocycles. The van der Waals surface area contributed by atoms with Crippen molar-refractivity contribution in [3.05, 3.63) is 28.8 Å². The van der Waals surface area contributed by atoms with Gasteiger partial charge in [-0.25, -0.2) is 4.98 Å². The zero-order valence-electron chi connectivity index (χ0n) is 22.1. The molecular weight excluding hydrogens is 478 g/mol. The average molecular weight is 518 g/mol. The fraction of sp³-hybridized carbons (Fsp3) is 0.630. The molecule has 1 saturated carbocycles. The second-order valence-electron chi connectivity index (χ2n) is 11.0. The topological polar surface area (TPSA) is 113 Å². The summed E-state index contributed by atoms with van der Waals surface area (Å²) in [5.41, 5.74) is 0.761. The molecule has 0 saturated heterocycles. The van der Waals surface area contributed by atoms with E-state index in [1.165, 1.54) is 0 Å². The van der Waals surface area contributed by atoms with Crippen LogP contribution in [0.5, 0.6) is 11.5 Å². The van der Waals surface area contributed by atoms with E-state index in [-0.39, 0.29) is 35.8 Å². The minimum Gasteiger partial charge on any atom is -0.497 e. The fourth-order valence-electron chi connectivity index (χ4n) is 6.29. The summed E-state index contributed by atoms with van der Waals surface area (Å²) in [5, 5.41) is 28.5. The highest BCUT2D eigenvalue weighted by Gasteiger charge is 2.59. The number of benzene rings is 1. The molecule has 2 aliphatic rings. The van der Waals surface area contributed by atoms with Crippen molar-refractivity contribution in [1.29, 1.82) is 0 Å². The molecule has 2 aromatic rings. The summed E-state index contributed by atoms with van der Waals surface area (Å²) in [7, 11) is 3.24. The molecule has 198 valence electrons. The third-order valence-electron chi connectivity index (χ3n) is 8.38. The number of aliphatic hydroxyl groups excluding tert-OH is 2. The minimum absolute atomic E-state index is 0.00313. The van der Waals surface area contributed by atoms with E-state index < -0.39 is 11.5 Å². The van der Waals surface area contributed by atoms with Gasteiger partial charge in [0.05, 0.1) is 38.3 Å². The van der Waals surface area contributed by atoms with E-state index in [0.717, 1.165) is 22.7 Å². The average Bonchev–Trinajstić information content (AvgIpc) is 3.24.